The van der Waals surface area contributed by atoms with Gasteiger partial charge < -0.3 is 10.2 Å². The van der Waals surface area contributed by atoms with Crippen LogP contribution in [0.25, 0.3) is 0 Å². The number of rotatable bonds is 11. The lowest BCUT2D eigenvalue weighted by Gasteiger charge is -2.32. The number of amides is 2. The Morgan fingerprint density at radius 2 is 1.52 bits per heavy atom. The fourth-order valence-corrected chi connectivity index (χ4v) is 6.00. The largest absolute Gasteiger partial charge is 0.352 e. The molecule has 2 atom stereocenters. The summed E-state index contributed by atoms with van der Waals surface area (Å²) in [4.78, 5) is 28.3. The zero-order chi connectivity index (χ0) is 29.6. The lowest BCUT2D eigenvalue weighted by molar-refractivity contribution is -0.139. The summed E-state index contributed by atoms with van der Waals surface area (Å²) in [5.41, 5.74) is 0.627. The van der Waals surface area contributed by atoms with Crippen molar-refractivity contribution in [3.63, 3.8) is 0 Å². The topological polar surface area (TPSA) is 86.8 Å². The Hall–Kier alpha value is -2.49. The van der Waals surface area contributed by atoms with Crippen molar-refractivity contribution in [1.29, 1.82) is 0 Å². The Balaban J connectivity index is 2.07. The fourth-order valence-electron chi connectivity index (χ4n) is 3.79. The van der Waals surface area contributed by atoms with Crippen molar-refractivity contribution in [3.05, 3.63) is 92.4 Å². The first-order chi connectivity index (χ1) is 18.8. The summed E-state index contributed by atoms with van der Waals surface area (Å²) < 4.78 is 28.6. The molecule has 3 aromatic rings. The molecule has 0 aromatic heterocycles. The lowest BCUT2D eigenvalue weighted by Crippen LogP contribution is -2.52. The number of carbonyl (C=O) groups is 2. The van der Waals surface area contributed by atoms with Crippen LogP contribution in [0.3, 0.4) is 0 Å². The predicted molar refractivity (Wildman–Crippen MR) is 162 cm³/mol. The molecule has 1 N–H and O–H groups in total. The van der Waals surface area contributed by atoms with Crippen molar-refractivity contribution in [2.24, 2.45) is 0 Å². The Bertz CT molecular complexity index is 1470. The molecular weight excluding hydrogens is 616 g/mol. The van der Waals surface area contributed by atoms with Crippen LogP contribution >= 0.6 is 46.4 Å². The number of nitrogens with one attached hydrogen (secondary N) is 1. The molecule has 0 aliphatic rings. The first-order valence-corrected chi connectivity index (χ1v) is 15.4. The third-order valence-electron chi connectivity index (χ3n) is 6.29. The molecule has 12 heteroatoms. The van der Waals surface area contributed by atoms with Crippen LogP contribution in [0.5, 0.6) is 0 Å². The third-order valence-corrected chi connectivity index (χ3v) is 9.36. The van der Waals surface area contributed by atoms with Crippen molar-refractivity contribution < 1.29 is 18.0 Å². The van der Waals surface area contributed by atoms with Crippen LogP contribution in [0, 0.1) is 0 Å². The second kappa shape index (κ2) is 13.9. The van der Waals surface area contributed by atoms with Crippen LogP contribution < -0.4 is 9.62 Å². The van der Waals surface area contributed by atoms with Crippen LogP contribution in [-0.2, 0) is 26.2 Å². The van der Waals surface area contributed by atoms with Crippen LogP contribution in [0.2, 0.25) is 20.1 Å². The quantitative estimate of drug-likeness (QED) is 0.248. The summed E-state index contributed by atoms with van der Waals surface area (Å²) >= 11 is 24.9. The Morgan fingerprint density at radius 3 is 2.15 bits per heavy atom. The minimum absolute atomic E-state index is 0.0255. The highest BCUT2D eigenvalue weighted by Gasteiger charge is 2.33. The van der Waals surface area contributed by atoms with Gasteiger partial charge in [0, 0.05) is 17.6 Å². The van der Waals surface area contributed by atoms with Crippen molar-refractivity contribution in [1.82, 2.24) is 10.2 Å². The maximum atomic E-state index is 14.0. The first kappa shape index (κ1) is 32.0. The van der Waals surface area contributed by atoms with Crippen molar-refractivity contribution in [2.45, 2.75) is 50.7 Å². The summed E-state index contributed by atoms with van der Waals surface area (Å²) in [5.74, 6) is -1.03. The number of anilines is 1. The molecule has 0 heterocycles. The van der Waals surface area contributed by atoms with Crippen molar-refractivity contribution >= 4 is 73.9 Å². The molecule has 0 fully saturated rings. The molecule has 0 saturated heterocycles. The average molecular weight is 645 g/mol. The highest BCUT2D eigenvalue weighted by Crippen LogP contribution is 2.33. The van der Waals surface area contributed by atoms with E-state index in [2.05, 4.69) is 5.32 Å². The second-order valence-corrected chi connectivity index (χ2v) is 12.7. The van der Waals surface area contributed by atoms with Gasteiger partial charge in [0.25, 0.3) is 10.0 Å². The molecule has 0 bridgehead atoms. The number of benzene rings is 3. The highest BCUT2D eigenvalue weighted by atomic mass is 35.5. The average Bonchev–Trinajstić information content (AvgIpc) is 2.93. The van der Waals surface area contributed by atoms with E-state index in [1.54, 1.807) is 43.3 Å². The SMILES string of the molecule is CC[C@@H](C)NC(=O)[C@@H](C)N(Cc1ccc(Cl)c(Cl)c1)C(=O)CN(c1cc(Cl)ccc1Cl)S(=O)(=O)c1ccccc1. The van der Waals surface area contributed by atoms with Crippen LogP contribution in [0.4, 0.5) is 5.69 Å². The van der Waals surface area contributed by atoms with Gasteiger partial charge in [-0.2, -0.15) is 0 Å². The summed E-state index contributed by atoms with van der Waals surface area (Å²) in [7, 11) is -4.27. The summed E-state index contributed by atoms with van der Waals surface area (Å²) in [6.07, 6.45) is 0.690. The Labute approximate surface area is 255 Å². The number of carbonyl (C=O) groups excluding carboxylic acids is 2. The molecule has 2 amide bonds. The number of hydrogen-bond donors (Lipinski definition) is 1. The van der Waals surface area contributed by atoms with E-state index in [1.165, 1.54) is 35.2 Å². The van der Waals surface area contributed by atoms with Gasteiger partial charge in [-0.3, -0.25) is 13.9 Å². The standard InChI is InChI=1S/C28H29Cl4N3O4S/c1-4-18(2)33-28(37)19(3)34(16-20-10-12-23(30)25(32)14-20)27(36)17-35(26-15-21(29)11-13-24(26)31)40(38,39)22-8-6-5-7-9-22/h5-15,18-19H,4,16-17H2,1-3H3,(H,33,37)/t18-,19-/m1/s1. The van der Waals surface area contributed by atoms with Gasteiger partial charge >= 0.3 is 0 Å². The molecule has 0 saturated carbocycles. The van der Waals surface area contributed by atoms with E-state index < -0.39 is 28.5 Å². The van der Waals surface area contributed by atoms with E-state index in [1.807, 2.05) is 13.8 Å². The van der Waals surface area contributed by atoms with Gasteiger partial charge in [-0.1, -0.05) is 77.6 Å². The minimum atomic E-state index is -4.27. The van der Waals surface area contributed by atoms with Crippen molar-refractivity contribution in [2.75, 3.05) is 10.8 Å². The lowest BCUT2D eigenvalue weighted by atomic mass is 10.1. The number of sulfonamides is 1. The maximum absolute atomic E-state index is 14.0. The smallest absolute Gasteiger partial charge is 0.264 e. The number of halogens is 4. The molecule has 214 valence electrons. The Kier molecular flexibility index (Phi) is 11.1. The third kappa shape index (κ3) is 7.83. The van der Waals surface area contributed by atoms with Gasteiger partial charge in [-0.05, 0) is 68.3 Å². The summed E-state index contributed by atoms with van der Waals surface area (Å²) in [6.45, 7) is 4.67. The normalized spacial score (nSPS) is 12.9. The minimum Gasteiger partial charge on any atom is -0.352 e. The predicted octanol–water partition coefficient (Wildman–Crippen LogP) is 6.83. The monoisotopic (exact) mass is 643 g/mol. The molecule has 3 aromatic carbocycles. The molecule has 3 rings (SSSR count). The summed E-state index contributed by atoms with van der Waals surface area (Å²) in [6, 6.07) is 15.8. The van der Waals surface area contributed by atoms with Gasteiger partial charge in [0.15, 0.2) is 0 Å². The van der Waals surface area contributed by atoms with E-state index >= 15 is 0 Å². The summed E-state index contributed by atoms with van der Waals surface area (Å²) in [5, 5.41) is 3.80. The molecular formula is C28H29Cl4N3O4S. The number of nitrogens with zero attached hydrogens (tertiary/aromatic N) is 2. The van der Waals surface area contributed by atoms with Crippen molar-refractivity contribution in [3.8, 4) is 0 Å². The van der Waals surface area contributed by atoms with Gasteiger partial charge in [0.2, 0.25) is 11.8 Å². The zero-order valence-electron chi connectivity index (χ0n) is 22.1. The molecule has 0 aliphatic heterocycles. The second-order valence-electron chi connectivity index (χ2n) is 9.18. The van der Waals surface area contributed by atoms with E-state index in [9.17, 15) is 18.0 Å². The fraction of sp³-hybridized carbons (Fsp3) is 0.286. The number of hydrogen-bond acceptors (Lipinski definition) is 4. The molecule has 0 unspecified atom stereocenters. The van der Waals surface area contributed by atoms with Crippen LogP contribution in [0.15, 0.2) is 71.6 Å². The molecule has 0 spiro atoms. The Morgan fingerprint density at radius 1 is 0.875 bits per heavy atom. The maximum Gasteiger partial charge on any atom is 0.264 e. The van der Waals surface area contributed by atoms with Gasteiger partial charge in [-0.25, -0.2) is 8.42 Å². The van der Waals surface area contributed by atoms with E-state index in [4.69, 9.17) is 46.4 Å². The van der Waals surface area contributed by atoms with Crippen LogP contribution in [0.1, 0.15) is 32.8 Å². The molecule has 0 radical (unpaired) electrons. The van der Waals surface area contributed by atoms with Gasteiger partial charge in [-0.15, -0.1) is 0 Å². The van der Waals surface area contributed by atoms with Crippen LogP contribution in [-0.4, -0.2) is 43.8 Å². The van der Waals surface area contributed by atoms with E-state index in [0.717, 1.165) is 4.31 Å². The molecule has 40 heavy (non-hydrogen) atoms. The molecule has 7 nitrogen and oxygen atoms in total. The van der Waals surface area contributed by atoms with E-state index in [-0.39, 0.29) is 44.1 Å². The van der Waals surface area contributed by atoms with Gasteiger partial charge in [0.1, 0.15) is 12.6 Å². The van der Waals surface area contributed by atoms with Gasteiger partial charge in [0.05, 0.1) is 25.7 Å². The first-order valence-electron chi connectivity index (χ1n) is 12.4. The highest BCUT2D eigenvalue weighted by molar-refractivity contribution is 7.92. The van der Waals surface area contributed by atoms with E-state index in [0.29, 0.717) is 17.0 Å². The zero-order valence-corrected chi connectivity index (χ0v) is 25.9. The molecule has 0 aliphatic carbocycles.